The zero-order valence-electron chi connectivity index (χ0n) is 12.4. The van der Waals surface area contributed by atoms with Crippen LogP contribution in [0.25, 0.3) is 4.91 Å². The lowest BCUT2D eigenvalue weighted by Gasteiger charge is -2.05. The van der Waals surface area contributed by atoms with Gasteiger partial charge in [0.1, 0.15) is 0 Å². The quantitative estimate of drug-likeness (QED) is 0.509. The minimum atomic E-state index is 1.06. The lowest BCUT2D eigenvalue weighted by Crippen LogP contribution is -1.83. The summed E-state index contributed by atoms with van der Waals surface area (Å²) in [6, 6.07) is 20.6. The minimum absolute atomic E-state index is 1.06. The highest BCUT2D eigenvalue weighted by atomic mass is 32.2. The van der Waals surface area contributed by atoms with Crippen LogP contribution >= 0.6 is 11.8 Å². The Bertz CT molecular complexity index is 615. The van der Waals surface area contributed by atoms with Gasteiger partial charge in [0.05, 0.1) is 0 Å². The number of rotatable bonds is 5. The molecule has 21 heavy (non-hydrogen) atoms. The summed E-state index contributed by atoms with van der Waals surface area (Å²) in [7, 11) is 0. The van der Waals surface area contributed by atoms with Crippen LogP contribution in [-0.4, -0.2) is 5.75 Å². The summed E-state index contributed by atoms with van der Waals surface area (Å²) < 4.78 is 0. The van der Waals surface area contributed by atoms with E-state index in [0.717, 1.165) is 11.3 Å². The SMILES string of the molecule is CCCCS/C(=C\C#Cc1ccccc1)c1ccccc1. The summed E-state index contributed by atoms with van der Waals surface area (Å²) in [5.41, 5.74) is 2.31. The van der Waals surface area contributed by atoms with Crippen LogP contribution in [0.3, 0.4) is 0 Å². The molecule has 0 heterocycles. The second-order valence-electron chi connectivity index (χ2n) is 4.71. The second kappa shape index (κ2) is 9.10. The van der Waals surface area contributed by atoms with Gasteiger partial charge in [0, 0.05) is 16.5 Å². The summed E-state index contributed by atoms with van der Waals surface area (Å²) in [5.74, 6) is 7.53. The Labute approximate surface area is 132 Å². The Morgan fingerprint density at radius 2 is 1.67 bits per heavy atom. The number of benzene rings is 2. The molecule has 0 radical (unpaired) electrons. The van der Waals surface area contributed by atoms with Crippen LogP contribution in [0.1, 0.15) is 30.9 Å². The first-order chi connectivity index (χ1) is 10.4. The van der Waals surface area contributed by atoms with Crippen LogP contribution in [0, 0.1) is 11.8 Å². The van der Waals surface area contributed by atoms with Crippen molar-refractivity contribution >= 4 is 16.7 Å². The minimum Gasteiger partial charge on any atom is -0.125 e. The Balaban J connectivity index is 2.15. The van der Waals surface area contributed by atoms with E-state index in [2.05, 4.69) is 43.0 Å². The molecule has 0 unspecified atom stereocenters. The molecule has 0 aliphatic carbocycles. The second-order valence-corrected chi connectivity index (χ2v) is 5.85. The summed E-state index contributed by atoms with van der Waals surface area (Å²) in [6.07, 6.45) is 4.51. The summed E-state index contributed by atoms with van der Waals surface area (Å²) in [5, 5.41) is 0. The van der Waals surface area contributed by atoms with Crippen molar-refractivity contribution in [1.29, 1.82) is 0 Å². The molecule has 0 aliphatic rings. The van der Waals surface area contributed by atoms with E-state index in [9.17, 15) is 0 Å². The van der Waals surface area contributed by atoms with Gasteiger partial charge in [0.15, 0.2) is 0 Å². The highest BCUT2D eigenvalue weighted by Gasteiger charge is 2.00. The number of thioether (sulfide) groups is 1. The molecule has 0 saturated carbocycles. The first kappa shape index (κ1) is 15.5. The van der Waals surface area contributed by atoms with E-state index in [4.69, 9.17) is 0 Å². The molecule has 0 spiro atoms. The van der Waals surface area contributed by atoms with Crippen LogP contribution < -0.4 is 0 Å². The van der Waals surface area contributed by atoms with Crippen molar-refractivity contribution in [3.05, 3.63) is 77.9 Å². The maximum atomic E-state index is 3.20. The topological polar surface area (TPSA) is 0 Å². The van der Waals surface area contributed by atoms with E-state index < -0.39 is 0 Å². The Hall–Kier alpha value is -1.91. The first-order valence-corrected chi connectivity index (χ1v) is 8.33. The number of allylic oxidation sites excluding steroid dienone is 1. The van der Waals surface area contributed by atoms with Crippen LogP contribution in [0.5, 0.6) is 0 Å². The van der Waals surface area contributed by atoms with Gasteiger partial charge in [0.2, 0.25) is 0 Å². The molecule has 0 nitrogen and oxygen atoms in total. The van der Waals surface area contributed by atoms with Gasteiger partial charge in [-0.15, -0.1) is 11.8 Å². The van der Waals surface area contributed by atoms with Gasteiger partial charge in [-0.2, -0.15) is 0 Å². The van der Waals surface area contributed by atoms with Crippen LogP contribution in [0.15, 0.2) is 66.7 Å². The van der Waals surface area contributed by atoms with Crippen molar-refractivity contribution in [2.75, 3.05) is 5.75 Å². The third kappa shape index (κ3) is 5.53. The van der Waals surface area contributed by atoms with E-state index in [-0.39, 0.29) is 0 Å². The maximum Gasteiger partial charge on any atom is 0.0248 e. The fourth-order valence-electron chi connectivity index (χ4n) is 1.84. The molecule has 0 aliphatic heterocycles. The third-order valence-electron chi connectivity index (χ3n) is 3.01. The smallest absolute Gasteiger partial charge is 0.0248 e. The number of hydrogen-bond acceptors (Lipinski definition) is 1. The summed E-state index contributed by atoms with van der Waals surface area (Å²) in [6.45, 7) is 2.22. The largest absolute Gasteiger partial charge is 0.125 e. The fourth-order valence-corrected chi connectivity index (χ4v) is 2.94. The maximum absolute atomic E-state index is 3.20. The fraction of sp³-hybridized carbons (Fsp3) is 0.200. The third-order valence-corrected chi connectivity index (χ3v) is 4.16. The van der Waals surface area contributed by atoms with Gasteiger partial charge in [-0.05, 0) is 29.9 Å². The van der Waals surface area contributed by atoms with Crippen molar-refractivity contribution < 1.29 is 0 Å². The molecular weight excluding hydrogens is 272 g/mol. The van der Waals surface area contributed by atoms with E-state index >= 15 is 0 Å². The molecule has 2 rings (SSSR count). The van der Waals surface area contributed by atoms with Crippen LogP contribution in [0.2, 0.25) is 0 Å². The molecule has 106 valence electrons. The van der Waals surface area contributed by atoms with Gasteiger partial charge in [-0.25, -0.2) is 0 Å². The van der Waals surface area contributed by atoms with E-state index in [0.29, 0.717) is 0 Å². The Kier molecular flexibility index (Phi) is 6.71. The van der Waals surface area contributed by atoms with E-state index in [1.165, 1.54) is 23.3 Å². The molecule has 0 atom stereocenters. The van der Waals surface area contributed by atoms with Gasteiger partial charge < -0.3 is 0 Å². The average molecular weight is 292 g/mol. The van der Waals surface area contributed by atoms with Gasteiger partial charge in [0.25, 0.3) is 0 Å². The predicted octanol–water partition coefficient (Wildman–Crippen LogP) is 5.61. The predicted molar refractivity (Wildman–Crippen MR) is 95.1 cm³/mol. The van der Waals surface area contributed by atoms with Gasteiger partial charge in [-0.3, -0.25) is 0 Å². The zero-order valence-corrected chi connectivity index (χ0v) is 13.2. The first-order valence-electron chi connectivity index (χ1n) is 7.35. The van der Waals surface area contributed by atoms with Gasteiger partial charge >= 0.3 is 0 Å². The molecular formula is C20H20S. The lowest BCUT2D eigenvalue weighted by molar-refractivity contribution is 0.898. The molecule has 0 aromatic heterocycles. The highest BCUT2D eigenvalue weighted by Crippen LogP contribution is 2.27. The van der Waals surface area contributed by atoms with Crippen LogP contribution in [0.4, 0.5) is 0 Å². The molecule has 2 aromatic carbocycles. The van der Waals surface area contributed by atoms with E-state index in [1.807, 2.05) is 54.2 Å². The molecule has 0 fully saturated rings. The van der Waals surface area contributed by atoms with Gasteiger partial charge in [-0.1, -0.05) is 73.7 Å². The zero-order chi connectivity index (χ0) is 14.8. The van der Waals surface area contributed by atoms with Crippen molar-refractivity contribution in [3.8, 4) is 11.8 Å². The molecule has 1 heteroatoms. The van der Waals surface area contributed by atoms with E-state index in [1.54, 1.807) is 0 Å². The lowest BCUT2D eigenvalue weighted by atomic mass is 10.2. The molecule has 0 saturated heterocycles. The number of unbranched alkanes of at least 4 members (excludes halogenated alkanes) is 1. The normalized spacial score (nSPS) is 10.8. The summed E-state index contributed by atoms with van der Waals surface area (Å²) >= 11 is 1.89. The monoisotopic (exact) mass is 292 g/mol. The highest BCUT2D eigenvalue weighted by molar-refractivity contribution is 8.08. The molecule has 2 aromatic rings. The van der Waals surface area contributed by atoms with Crippen molar-refractivity contribution in [1.82, 2.24) is 0 Å². The molecule has 0 amide bonds. The summed E-state index contributed by atoms with van der Waals surface area (Å²) in [4.78, 5) is 1.26. The molecule has 0 bridgehead atoms. The average Bonchev–Trinajstić information content (AvgIpc) is 2.55. The number of hydrogen-bond donors (Lipinski definition) is 0. The molecule has 0 N–H and O–H groups in total. The van der Waals surface area contributed by atoms with Crippen molar-refractivity contribution in [3.63, 3.8) is 0 Å². The van der Waals surface area contributed by atoms with Crippen molar-refractivity contribution in [2.24, 2.45) is 0 Å². The Morgan fingerprint density at radius 3 is 2.33 bits per heavy atom. The van der Waals surface area contributed by atoms with Crippen molar-refractivity contribution in [2.45, 2.75) is 19.8 Å². The Morgan fingerprint density at radius 1 is 1.00 bits per heavy atom. The standard InChI is InChI=1S/C20H20S/c1-2-3-17-21-20(19-14-8-5-9-15-19)16-10-13-18-11-6-4-7-12-18/h4-9,11-12,14-16H,2-3,17H2,1H3/b20-16-. The van der Waals surface area contributed by atoms with Crippen LogP contribution in [-0.2, 0) is 0 Å².